The molecule has 0 N–H and O–H groups in total. The second-order valence-corrected chi connectivity index (χ2v) is 8.92. The average Bonchev–Trinajstić information content (AvgIpc) is 2.91. The van der Waals surface area contributed by atoms with E-state index in [-0.39, 0.29) is 11.4 Å². The monoisotopic (exact) mass is 434 g/mol. The largest absolute Gasteiger partial charge is 0.416 e. The summed E-state index contributed by atoms with van der Waals surface area (Å²) in [5.74, 6) is -0.469. The van der Waals surface area contributed by atoms with Crippen LogP contribution in [0.5, 0.6) is 0 Å². The van der Waals surface area contributed by atoms with Crippen LogP contribution in [-0.2, 0) is 27.5 Å². The van der Waals surface area contributed by atoms with Crippen molar-refractivity contribution in [3.05, 3.63) is 71.8 Å². The third-order valence-electron chi connectivity index (χ3n) is 5.09. The number of anilines is 1. The summed E-state index contributed by atoms with van der Waals surface area (Å²) in [5, 5.41) is 1.35. The molecule has 3 aromatic carbocycles. The van der Waals surface area contributed by atoms with Gasteiger partial charge in [0.15, 0.2) is 0 Å². The third-order valence-corrected chi connectivity index (χ3v) is 6.89. The van der Waals surface area contributed by atoms with Gasteiger partial charge in [-0.25, -0.2) is 8.42 Å². The number of sulfonamides is 1. The van der Waals surface area contributed by atoms with Crippen molar-refractivity contribution >= 4 is 32.4 Å². The Morgan fingerprint density at radius 3 is 2.27 bits per heavy atom. The van der Waals surface area contributed by atoms with Crippen LogP contribution < -0.4 is 4.31 Å². The van der Waals surface area contributed by atoms with E-state index in [1.165, 1.54) is 30.1 Å². The van der Waals surface area contributed by atoms with Gasteiger partial charge in [-0.15, -0.1) is 0 Å². The maximum absolute atomic E-state index is 13.0. The molecule has 0 radical (unpaired) electrons. The van der Waals surface area contributed by atoms with E-state index in [0.717, 1.165) is 21.8 Å². The first-order valence-corrected chi connectivity index (χ1v) is 10.5. The van der Waals surface area contributed by atoms with Gasteiger partial charge in [0, 0.05) is 19.0 Å². The number of carbonyl (C=O) groups excluding carboxylic acids is 1. The number of carbonyl (C=O) groups is 1. The molecule has 0 saturated heterocycles. The van der Waals surface area contributed by atoms with Crippen LogP contribution in [0.2, 0.25) is 0 Å². The summed E-state index contributed by atoms with van der Waals surface area (Å²) in [5.41, 5.74) is 0.183. The predicted octanol–water partition coefficient (Wildman–Crippen LogP) is 4.03. The minimum atomic E-state index is -4.43. The Hall–Kier alpha value is -3.07. The van der Waals surface area contributed by atoms with Crippen molar-refractivity contribution in [3.63, 3.8) is 0 Å². The molecule has 1 amide bonds. The predicted molar refractivity (Wildman–Crippen MR) is 106 cm³/mol. The Labute approximate surface area is 171 Å². The number of alkyl halides is 3. The topological polar surface area (TPSA) is 57.7 Å². The Morgan fingerprint density at radius 1 is 1.00 bits per heavy atom. The van der Waals surface area contributed by atoms with Crippen molar-refractivity contribution in [3.8, 4) is 0 Å². The van der Waals surface area contributed by atoms with Crippen LogP contribution in [0.1, 0.15) is 11.1 Å². The highest BCUT2D eigenvalue weighted by atomic mass is 32.2. The van der Waals surface area contributed by atoms with E-state index in [0.29, 0.717) is 16.6 Å². The van der Waals surface area contributed by atoms with Crippen molar-refractivity contribution in [2.45, 2.75) is 17.6 Å². The molecule has 1 aliphatic heterocycles. The van der Waals surface area contributed by atoms with Crippen molar-refractivity contribution in [2.75, 3.05) is 17.9 Å². The van der Waals surface area contributed by atoms with Gasteiger partial charge >= 0.3 is 6.18 Å². The summed E-state index contributed by atoms with van der Waals surface area (Å²) in [6.07, 6.45) is -4.43. The molecule has 156 valence electrons. The molecule has 0 atom stereocenters. The van der Waals surface area contributed by atoms with Gasteiger partial charge in [-0.2, -0.15) is 13.2 Å². The third kappa shape index (κ3) is 3.39. The fourth-order valence-corrected chi connectivity index (χ4v) is 5.19. The summed E-state index contributed by atoms with van der Waals surface area (Å²) >= 11 is 0. The maximum atomic E-state index is 13.0. The summed E-state index contributed by atoms with van der Waals surface area (Å²) < 4.78 is 65.1. The van der Waals surface area contributed by atoms with E-state index in [1.54, 1.807) is 30.3 Å². The zero-order valence-corrected chi connectivity index (χ0v) is 16.7. The quantitative estimate of drug-likeness (QED) is 0.623. The Kier molecular flexibility index (Phi) is 4.73. The molecule has 30 heavy (non-hydrogen) atoms. The summed E-state index contributed by atoms with van der Waals surface area (Å²) in [4.78, 5) is 14.2. The number of rotatable bonds is 4. The number of benzene rings is 3. The van der Waals surface area contributed by atoms with Gasteiger partial charge in [-0.1, -0.05) is 36.4 Å². The van der Waals surface area contributed by atoms with Crippen LogP contribution in [0.25, 0.3) is 10.8 Å². The van der Waals surface area contributed by atoms with Crippen LogP contribution in [0, 0.1) is 0 Å². The molecule has 0 aliphatic carbocycles. The molecule has 1 aliphatic rings. The van der Waals surface area contributed by atoms with Gasteiger partial charge < -0.3 is 4.90 Å². The highest BCUT2D eigenvalue weighted by Crippen LogP contribution is 2.41. The molecule has 5 nitrogen and oxygen atoms in total. The minimum Gasteiger partial charge on any atom is -0.340 e. The second kappa shape index (κ2) is 7.02. The number of nitrogens with zero attached hydrogens (tertiary/aromatic N) is 2. The lowest BCUT2D eigenvalue weighted by atomic mass is 10.1. The Bertz CT molecular complexity index is 1230. The Balaban J connectivity index is 1.54. The van der Waals surface area contributed by atoms with Gasteiger partial charge in [-0.3, -0.25) is 9.10 Å². The summed E-state index contributed by atoms with van der Waals surface area (Å²) in [7, 11) is -2.38. The first kappa shape index (κ1) is 20.2. The molecule has 0 fully saturated rings. The molecule has 9 heteroatoms. The molecule has 0 aromatic heterocycles. The highest BCUT2D eigenvalue weighted by Gasteiger charge is 2.37. The van der Waals surface area contributed by atoms with E-state index in [4.69, 9.17) is 0 Å². The summed E-state index contributed by atoms with van der Waals surface area (Å²) in [6.45, 7) is -0.338. The van der Waals surface area contributed by atoms with Gasteiger partial charge in [0.1, 0.15) is 6.54 Å². The van der Waals surface area contributed by atoms with E-state index in [2.05, 4.69) is 0 Å². The van der Waals surface area contributed by atoms with Crippen LogP contribution in [0.3, 0.4) is 0 Å². The zero-order valence-electron chi connectivity index (χ0n) is 15.8. The standard InChI is InChI=1S/C21H17F3N2O3S/c1-25(12-14-8-10-16(11-9-14)21(22,23)24)19(27)13-26-17-6-2-4-15-5-3-7-18(20(15)17)30(26,28)29/h2-11H,12-13H2,1H3. The lowest BCUT2D eigenvalue weighted by Gasteiger charge is -2.23. The normalized spacial score (nSPS) is 14.9. The van der Waals surface area contributed by atoms with Crippen LogP contribution >= 0.6 is 0 Å². The van der Waals surface area contributed by atoms with Gasteiger partial charge in [-0.05, 0) is 35.2 Å². The zero-order chi connectivity index (χ0) is 21.7. The molecule has 0 spiro atoms. The van der Waals surface area contributed by atoms with E-state index < -0.39 is 34.2 Å². The maximum Gasteiger partial charge on any atom is 0.416 e. The smallest absolute Gasteiger partial charge is 0.340 e. The van der Waals surface area contributed by atoms with Gasteiger partial charge in [0.2, 0.25) is 5.91 Å². The lowest BCUT2D eigenvalue weighted by Crippen LogP contribution is -2.39. The van der Waals surface area contributed by atoms with E-state index >= 15 is 0 Å². The molecule has 0 unspecified atom stereocenters. The molecule has 4 rings (SSSR count). The number of likely N-dealkylation sites (N-methyl/N-ethyl adjacent to an activating group) is 1. The van der Waals surface area contributed by atoms with Gasteiger partial charge in [0.05, 0.1) is 16.1 Å². The first-order valence-electron chi connectivity index (χ1n) is 9.03. The van der Waals surface area contributed by atoms with E-state index in [1.807, 2.05) is 0 Å². The van der Waals surface area contributed by atoms with Crippen molar-refractivity contribution < 1.29 is 26.4 Å². The van der Waals surface area contributed by atoms with Crippen LogP contribution in [-0.4, -0.2) is 32.8 Å². The van der Waals surface area contributed by atoms with E-state index in [9.17, 15) is 26.4 Å². The van der Waals surface area contributed by atoms with Crippen molar-refractivity contribution in [1.82, 2.24) is 4.90 Å². The lowest BCUT2D eigenvalue weighted by molar-refractivity contribution is -0.137. The molecule has 1 heterocycles. The van der Waals surface area contributed by atoms with Crippen LogP contribution in [0.15, 0.2) is 65.6 Å². The summed E-state index contributed by atoms with van der Waals surface area (Å²) in [6, 6.07) is 14.7. The average molecular weight is 434 g/mol. The highest BCUT2D eigenvalue weighted by molar-refractivity contribution is 7.93. The SMILES string of the molecule is CN(Cc1ccc(C(F)(F)F)cc1)C(=O)CN1c2cccc3cccc(c23)S1(=O)=O. The van der Waals surface area contributed by atoms with Crippen molar-refractivity contribution in [1.29, 1.82) is 0 Å². The number of halogens is 3. The Morgan fingerprint density at radius 2 is 1.63 bits per heavy atom. The molecular formula is C21H17F3N2O3S. The number of hydrogen-bond acceptors (Lipinski definition) is 3. The minimum absolute atomic E-state index is 0.0575. The molecule has 0 saturated carbocycles. The fourth-order valence-electron chi connectivity index (χ4n) is 3.53. The molecular weight excluding hydrogens is 417 g/mol. The first-order chi connectivity index (χ1) is 14.1. The van der Waals surface area contributed by atoms with Crippen molar-refractivity contribution in [2.24, 2.45) is 0 Å². The molecule has 3 aromatic rings. The molecule has 0 bridgehead atoms. The number of hydrogen-bond donors (Lipinski definition) is 0. The fraction of sp³-hybridized carbons (Fsp3) is 0.190. The van der Waals surface area contributed by atoms with Gasteiger partial charge in [0.25, 0.3) is 10.0 Å². The number of amides is 1. The second-order valence-electron chi connectivity index (χ2n) is 7.09. The van der Waals surface area contributed by atoms with Crippen LogP contribution in [0.4, 0.5) is 18.9 Å².